The van der Waals surface area contributed by atoms with Crippen LogP contribution in [0.3, 0.4) is 0 Å². The first-order chi connectivity index (χ1) is 9.97. The number of hydrogen-bond donors (Lipinski definition) is 1. The monoisotopic (exact) mass is 350 g/mol. The van der Waals surface area contributed by atoms with Crippen LogP contribution >= 0.6 is 15.9 Å². The minimum atomic E-state index is -0.202. The number of rotatable bonds is 5. The molecule has 0 radical (unpaired) electrons. The van der Waals surface area contributed by atoms with E-state index in [-0.39, 0.29) is 11.9 Å². The lowest BCUT2D eigenvalue weighted by Gasteiger charge is -2.24. The van der Waals surface area contributed by atoms with Gasteiger partial charge in [0.1, 0.15) is 5.82 Å². The van der Waals surface area contributed by atoms with Gasteiger partial charge in [0.25, 0.3) is 0 Å². The molecule has 2 rings (SSSR count). The maximum atomic E-state index is 14.2. The molecule has 0 spiro atoms. The Labute approximate surface area is 134 Å². The van der Waals surface area contributed by atoms with Crippen molar-refractivity contribution in [2.24, 2.45) is 0 Å². The van der Waals surface area contributed by atoms with Gasteiger partial charge in [-0.15, -0.1) is 0 Å². The lowest BCUT2D eigenvalue weighted by Crippen LogP contribution is -2.26. The van der Waals surface area contributed by atoms with Gasteiger partial charge >= 0.3 is 0 Å². The van der Waals surface area contributed by atoms with Crippen molar-refractivity contribution in [3.8, 4) is 0 Å². The summed E-state index contributed by atoms with van der Waals surface area (Å²) in [5.41, 5.74) is 2.57. The summed E-state index contributed by atoms with van der Waals surface area (Å²) in [7, 11) is 1.90. The number of halogens is 2. The Bertz CT molecular complexity index is 596. The van der Waals surface area contributed by atoms with Crippen molar-refractivity contribution in [3.05, 3.63) is 58.3 Å². The molecule has 0 amide bonds. The molecule has 2 aromatic rings. The van der Waals surface area contributed by atoms with E-state index in [9.17, 15) is 4.39 Å². The van der Waals surface area contributed by atoms with E-state index in [1.54, 1.807) is 6.07 Å². The molecular weight excluding hydrogens is 331 g/mol. The van der Waals surface area contributed by atoms with E-state index in [4.69, 9.17) is 0 Å². The molecule has 21 heavy (non-hydrogen) atoms. The molecule has 0 bridgehead atoms. The van der Waals surface area contributed by atoms with Crippen LogP contribution in [-0.4, -0.2) is 13.1 Å². The third-order valence-electron chi connectivity index (χ3n) is 3.51. The number of nitrogens with one attached hydrogen (secondary N) is 1. The molecule has 0 saturated carbocycles. The van der Waals surface area contributed by atoms with Crippen molar-refractivity contribution in [1.82, 2.24) is 0 Å². The Morgan fingerprint density at radius 1 is 1.14 bits per heavy atom. The van der Waals surface area contributed by atoms with Crippen molar-refractivity contribution < 1.29 is 4.39 Å². The molecule has 0 aliphatic heterocycles. The highest BCUT2D eigenvalue weighted by molar-refractivity contribution is 9.10. The summed E-state index contributed by atoms with van der Waals surface area (Å²) < 4.78 is 15.2. The summed E-state index contributed by atoms with van der Waals surface area (Å²) in [6.45, 7) is 4.75. The summed E-state index contributed by atoms with van der Waals surface area (Å²) in [6, 6.07) is 13.6. The van der Waals surface area contributed by atoms with Gasteiger partial charge in [-0.25, -0.2) is 4.39 Å². The second-order valence-corrected chi connectivity index (χ2v) is 6.27. The molecule has 112 valence electrons. The average molecular weight is 351 g/mol. The van der Waals surface area contributed by atoms with Crippen LogP contribution in [0.4, 0.5) is 15.8 Å². The zero-order chi connectivity index (χ0) is 15.4. The number of benzene rings is 2. The molecular formula is C17H20BrFN2. The third kappa shape index (κ3) is 4.21. The van der Waals surface area contributed by atoms with Crippen molar-refractivity contribution in [1.29, 1.82) is 0 Å². The van der Waals surface area contributed by atoms with Gasteiger partial charge in [-0.05, 0) is 49.7 Å². The Morgan fingerprint density at radius 3 is 2.38 bits per heavy atom. The number of hydrogen-bond acceptors (Lipinski definition) is 2. The highest BCUT2D eigenvalue weighted by Gasteiger charge is 2.10. The van der Waals surface area contributed by atoms with Gasteiger partial charge < -0.3 is 10.2 Å². The minimum absolute atomic E-state index is 0.202. The largest absolute Gasteiger partial charge is 0.381 e. The fourth-order valence-corrected chi connectivity index (χ4v) is 2.25. The summed E-state index contributed by atoms with van der Waals surface area (Å²) >= 11 is 3.41. The second kappa shape index (κ2) is 6.94. The minimum Gasteiger partial charge on any atom is -0.381 e. The van der Waals surface area contributed by atoms with Crippen molar-refractivity contribution >= 4 is 27.3 Å². The fraction of sp³-hybridized carbons (Fsp3) is 0.294. The molecule has 0 saturated heterocycles. The van der Waals surface area contributed by atoms with E-state index in [0.717, 1.165) is 15.7 Å². The lowest BCUT2D eigenvalue weighted by molar-refractivity contribution is 0.614. The maximum Gasteiger partial charge on any atom is 0.148 e. The topological polar surface area (TPSA) is 15.3 Å². The standard InChI is InChI=1S/C17H20BrFN2/c1-12(2)21(3)17-9-8-15(10-16(17)19)20-11-13-4-6-14(18)7-5-13/h4-10,12,20H,11H2,1-3H3. The van der Waals surface area contributed by atoms with Crippen molar-refractivity contribution in [2.75, 3.05) is 17.3 Å². The van der Waals surface area contributed by atoms with Crippen LogP contribution in [0, 0.1) is 5.82 Å². The van der Waals surface area contributed by atoms with Gasteiger partial charge in [0.05, 0.1) is 5.69 Å². The smallest absolute Gasteiger partial charge is 0.148 e. The number of anilines is 2. The summed E-state index contributed by atoms with van der Waals surface area (Å²) in [6.07, 6.45) is 0. The molecule has 1 N–H and O–H groups in total. The van der Waals surface area contributed by atoms with E-state index in [1.807, 2.05) is 62.2 Å². The molecule has 0 aliphatic rings. The first kappa shape index (κ1) is 15.8. The van der Waals surface area contributed by atoms with Crippen LogP contribution in [0.5, 0.6) is 0 Å². The lowest BCUT2D eigenvalue weighted by atomic mass is 10.2. The molecule has 2 nitrogen and oxygen atoms in total. The van der Waals surface area contributed by atoms with Crippen LogP contribution in [-0.2, 0) is 6.54 Å². The van der Waals surface area contributed by atoms with Gasteiger partial charge in [-0.1, -0.05) is 28.1 Å². The molecule has 0 unspecified atom stereocenters. The van der Waals surface area contributed by atoms with Crippen molar-refractivity contribution in [2.45, 2.75) is 26.4 Å². The quantitative estimate of drug-likeness (QED) is 0.811. The highest BCUT2D eigenvalue weighted by atomic mass is 79.9. The molecule has 2 aromatic carbocycles. The predicted octanol–water partition coefficient (Wildman–Crippen LogP) is 5.04. The van der Waals surface area contributed by atoms with Gasteiger partial charge in [0.2, 0.25) is 0 Å². The molecule has 0 aromatic heterocycles. The van der Waals surface area contributed by atoms with Gasteiger partial charge in [-0.2, -0.15) is 0 Å². The second-order valence-electron chi connectivity index (χ2n) is 5.35. The summed E-state index contributed by atoms with van der Waals surface area (Å²) in [4.78, 5) is 1.92. The third-order valence-corrected chi connectivity index (χ3v) is 4.04. The average Bonchev–Trinajstić information content (AvgIpc) is 2.46. The van der Waals surface area contributed by atoms with Crippen LogP contribution in [0.1, 0.15) is 19.4 Å². The molecule has 4 heteroatoms. The Kier molecular flexibility index (Phi) is 5.23. The van der Waals surface area contributed by atoms with E-state index in [2.05, 4.69) is 21.2 Å². The zero-order valence-electron chi connectivity index (χ0n) is 12.5. The van der Waals surface area contributed by atoms with Crippen LogP contribution < -0.4 is 10.2 Å². The van der Waals surface area contributed by atoms with Gasteiger partial charge in [0, 0.05) is 29.8 Å². The Hall–Kier alpha value is -1.55. The number of nitrogens with zero attached hydrogens (tertiary/aromatic N) is 1. The van der Waals surface area contributed by atoms with E-state index in [0.29, 0.717) is 12.2 Å². The van der Waals surface area contributed by atoms with E-state index >= 15 is 0 Å². The molecule has 0 fully saturated rings. The van der Waals surface area contributed by atoms with Crippen LogP contribution in [0.15, 0.2) is 46.9 Å². The summed E-state index contributed by atoms with van der Waals surface area (Å²) in [5.74, 6) is -0.202. The normalized spacial score (nSPS) is 10.8. The highest BCUT2D eigenvalue weighted by Crippen LogP contribution is 2.23. The molecule has 0 aliphatic carbocycles. The zero-order valence-corrected chi connectivity index (χ0v) is 14.1. The van der Waals surface area contributed by atoms with Crippen molar-refractivity contribution in [3.63, 3.8) is 0 Å². The van der Waals surface area contributed by atoms with Gasteiger partial charge in [0.15, 0.2) is 0 Å². The SMILES string of the molecule is CC(C)N(C)c1ccc(NCc2ccc(Br)cc2)cc1F. The first-order valence-corrected chi connectivity index (χ1v) is 7.77. The predicted molar refractivity (Wildman–Crippen MR) is 91.4 cm³/mol. The molecule has 0 atom stereocenters. The molecule has 0 heterocycles. The summed E-state index contributed by atoms with van der Waals surface area (Å²) in [5, 5.41) is 3.24. The maximum absolute atomic E-state index is 14.2. The fourth-order valence-electron chi connectivity index (χ4n) is 1.99. The Balaban J connectivity index is 2.05. The van der Waals surface area contributed by atoms with E-state index < -0.39 is 0 Å². The van der Waals surface area contributed by atoms with Crippen LogP contribution in [0.2, 0.25) is 0 Å². The van der Waals surface area contributed by atoms with Crippen LogP contribution in [0.25, 0.3) is 0 Å². The van der Waals surface area contributed by atoms with E-state index in [1.165, 1.54) is 0 Å². The Morgan fingerprint density at radius 2 is 1.81 bits per heavy atom. The first-order valence-electron chi connectivity index (χ1n) is 6.98. The van der Waals surface area contributed by atoms with Gasteiger partial charge in [-0.3, -0.25) is 0 Å².